The smallest absolute Gasteiger partial charge is 0.251 e. The highest BCUT2D eigenvalue weighted by molar-refractivity contribution is 5.95. The standard InChI is InChI=1S/C15H21NO2/c1-4-15(3,5-2)16-14(17)12-6-7-13-11(10-12)8-9-18-13/h6-7,10H,4-5,8-9H2,1-3H3,(H,16,17). The molecule has 2 rings (SSSR count). The first-order chi connectivity index (χ1) is 8.58. The molecule has 3 nitrogen and oxygen atoms in total. The van der Waals surface area contributed by atoms with E-state index in [0.29, 0.717) is 0 Å². The van der Waals surface area contributed by atoms with Crippen molar-refractivity contribution in [1.82, 2.24) is 5.32 Å². The van der Waals surface area contributed by atoms with Gasteiger partial charge in [-0.3, -0.25) is 4.79 Å². The Labute approximate surface area is 109 Å². The number of amides is 1. The highest BCUT2D eigenvalue weighted by Gasteiger charge is 2.23. The van der Waals surface area contributed by atoms with Crippen molar-refractivity contribution >= 4 is 5.91 Å². The molecule has 0 radical (unpaired) electrons. The first kappa shape index (κ1) is 12.9. The molecule has 0 unspecified atom stereocenters. The summed E-state index contributed by atoms with van der Waals surface area (Å²) in [6.45, 7) is 7.00. The van der Waals surface area contributed by atoms with E-state index in [1.165, 1.54) is 0 Å². The average Bonchev–Trinajstić information content (AvgIpc) is 2.85. The van der Waals surface area contributed by atoms with Crippen molar-refractivity contribution in [2.24, 2.45) is 0 Å². The molecule has 0 aromatic heterocycles. The predicted octanol–water partition coefficient (Wildman–Crippen LogP) is 2.93. The zero-order valence-electron chi connectivity index (χ0n) is 11.4. The third-order valence-electron chi connectivity index (χ3n) is 3.93. The van der Waals surface area contributed by atoms with Crippen molar-refractivity contribution < 1.29 is 9.53 Å². The molecule has 1 aromatic carbocycles. The summed E-state index contributed by atoms with van der Waals surface area (Å²) < 4.78 is 5.44. The minimum Gasteiger partial charge on any atom is -0.493 e. The second kappa shape index (κ2) is 5.01. The van der Waals surface area contributed by atoms with Gasteiger partial charge in [-0.1, -0.05) is 13.8 Å². The molecule has 1 amide bonds. The maximum absolute atomic E-state index is 12.2. The van der Waals surface area contributed by atoms with Crippen molar-refractivity contribution in [3.05, 3.63) is 29.3 Å². The minimum atomic E-state index is -0.118. The van der Waals surface area contributed by atoms with Gasteiger partial charge in [0.1, 0.15) is 5.75 Å². The van der Waals surface area contributed by atoms with Crippen LogP contribution in [0, 0.1) is 0 Å². The Balaban J connectivity index is 2.14. The summed E-state index contributed by atoms with van der Waals surface area (Å²) in [5.74, 6) is 0.927. The van der Waals surface area contributed by atoms with E-state index < -0.39 is 0 Å². The van der Waals surface area contributed by atoms with Crippen molar-refractivity contribution in [3.63, 3.8) is 0 Å². The van der Waals surface area contributed by atoms with Gasteiger partial charge in [-0.05, 0) is 43.5 Å². The zero-order valence-corrected chi connectivity index (χ0v) is 11.4. The Kier molecular flexibility index (Phi) is 3.60. The van der Waals surface area contributed by atoms with E-state index in [1.54, 1.807) is 0 Å². The first-order valence-electron chi connectivity index (χ1n) is 6.66. The SMILES string of the molecule is CCC(C)(CC)NC(=O)c1ccc2c(c1)CCO2. The summed E-state index contributed by atoms with van der Waals surface area (Å²) in [7, 11) is 0. The molecule has 1 aliphatic rings. The van der Waals surface area contributed by atoms with Crippen LogP contribution >= 0.6 is 0 Å². The van der Waals surface area contributed by atoms with E-state index in [-0.39, 0.29) is 11.4 Å². The molecule has 18 heavy (non-hydrogen) atoms. The Hall–Kier alpha value is -1.51. The number of hydrogen-bond acceptors (Lipinski definition) is 2. The summed E-state index contributed by atoms with van der Waals surface area (Å²) in [4.78, 5) is 12.2. The van der Waals surface area contributed by atoms with E-state index in [9.17, 15) is 4.79 Å². The monoisotopic (exact) mass is 247 g/mol. The molecule has 3 heteroatoms. The summed E-state index contributed by atoms with van der Waals surface area (Å²) in [6.07, 6.45) is 2.77. The van der Waals surface area contributed by atoms with Crippen LogP contribution in [-0.4, -0.2) is 18.1 Å². The van der Waals surface area contributed by atoms with Crippen LogP contribution in [0.2, 0.25) is 0 Å². The second-order valence-corrected chi connectivity index (χ2v) is 5.14. The Morgan fingerprint density at radius 1 is 1.39 bits per heavy atom. The van der Waals surface area contributed by atoms with E-state index in [2.05, 4.69) is 26.1 Å². The van der Waals surface area contributed by atoms with Gasteiger partial charge in [-0.2, -0.15) is 0 Å². The molecule has 0 atom stereocenters. The highest BCUT2D eigenvalue weighted by atomic mass is 16.5. The molecule has 1 N–H and O–H groups in total. The van der Waals surface area contributed by atoms with Crippen molar-refractivity contribution in [3.8, 4) is 5.75 Å². The maximum atomic E-state index is 12.2. The molecule has 1 aliphatic heterocycles. The molecule has 0 aliphatic carbocycles. The fourth-order valence-electron chi connectivity index (χ4n) is 2.10. The molecule has 0 spiro atoms. The molecular formula is C15H21NO2. The summed E-state index contributed by atoms with van der Waals surface area (Å²) in [6, 6.07) is 5.68. The van der Waals surface area contributed by atoms with Crippen LogP contribution in [0.3, 0.4) is 0 Å². The van der Waals surface area contributed by atoms with E-state index in [4.69, 9.17) is 4.74 Å². The normalized spacial score (nSPS) is 13.9. The molecule has 0 saturated carbocycles. The van der Waals surface area contributed by atoms with E-state index >= 15 is 0 Å². The number of fused-ring (bicyclic) bond motifs is 1. The topological polar surface area (TPSA) is 38.3 Å². The lowest BCUT2D eigenvalue weighted by molar-refractivity contribution is 0.0901. The lowest BCUT2D eigenvalue weighted by Gasteiger charge is -2.28. The summed E-state index contributed by atoms with van der Waals surface area (Å²) >= 11 is 0. The second-order valence-electron chi connectivity index (χ2n) is 5.14. The lowest BCUT2D eigenvalue weighted by Crippen LogP contribution is -2.44. The highest BCUT2D eigenvalue weighted by Crippen LogP contribution is 2.26. The van der Waals surface area contributed by atoms with Crippen LogP contribution in [0.4, 0.5) is 0 Å². The number of nitrogens with one attached hydrogen (secondary N) is 1. The quantitative estimate of drug-likeness (QED) is 0.888. The maximum Gasteiger partial charge on any atom is 0.251 e. The average molecular weight is 247 g/mol. The van der Waals surface area contributed by atoms with Crippen molar-refractivity contribution in [1.29, 1.82) is 0 Å². The zero-order chi connectivity index (χ0) is 13.2. The number of benzene rings is 1. The van der Waals surface area contributed by atoms with Crippen LogP contribution in [0.15, 0.2) is 18.2 Å². The summed E-state index contributed by atoms with van der Waals surface area (Å²) in [5, 5.41) is 3.12. The van der Waals surface area contributed by atoms with Crippen molar-refractivity contribution in [2.45, 2.75) is 45.6 Å². The van der Waals surface area contributed by atoms with Gasteiger partial charge in [0.25, 0.3) is 5.91 Å². The number of rotatable bonds is 4. The molecule has 1 heterocycles. The van der Waals surface area contributed by atoms with Crippen molar-refractivity contribution in [2.75, 3.05) is 6.61 Å². The van der Waals surface area contributed by atoms with Crippen LogP contribution in [-0.2, 0) is 6.42 Å². The van der Waals surface area contributed by atoms with Gasteiger partial charge < -0.3 is 10.1 Å². The van der Waals surface area contributed by atoms with Crippen LogP contribution in [0.1, 0.15) is 49.5 Å². The molecular weight excluding hydrogens is 226 g/mol. The summed E-state index contributed by atoms with van der Waals surface area (Å²) in [5.41, 5.74) is 1.75. The van der Waals surface area contributed by atoms with Crippen LogP contribution < -0.4 is 10.1 Å². The van der Waals surface area contributed by atoms with Gasteiger partial charge in [0.15, 0.2) is 0 Å². The largest absolute Gasteiger partial charge is 0.493 e. The van der Waals surface area contributed by atoms with Gasteiger partial charge >= 0.3 is 0 Å². The molecule has 1 aromatic rings. The third kappa shape index (κ3) is 2.50. The van der Waals surface area contributed by atoms with Crippen LogP contribution in [0.5, 0.6) is 5.75 Å². The third-order valence-corrected chi connectivity index (χ3v) is 3.93. The Morgan fingerprint density at radius 2 is 2.11 bits per heavy atom. The minimum absolute atomic E-state index is 0.0101. The Morgan fingerprint density at radius 3 is 2.78 bits per heavy atom. The van der Waals surface area contributed by atoms with Gasteiger partial charge in [0, 0.05) is 17.5 Å². The number of ether oxygens (including phenoxy) is 1. The fourth-order valence-corrected chi connectivity index (χ4v) is 2.10. The molecule has 0 bridgehead atoms. The number of hydrogen-bond donors (Lipinski definition) is 1. The predicted molar refractivity (Wildman–Crippen MR) is 72.1 cm³/mol. The Bertz CT molecular complexity index is 450. The molecule has 0 fully saturated rings. The van der Waals surface area contributed by atoms with E-state index in [1.807, 2.05) is 18.2 Å². The van der Waals surface area contributed by atoms with Gasteiger partial charge in [0.05, 0.1) is 6.61 Å². The molecule has 98 valence electrons. The molecule has 0 saturated heterocycles. The van der Waals surface area contributed by atoms with E-state index in [0.717, 1.165) is 42.7 Å². The van der Waals surface area contributed by atoms with Gasteiger partial charge in [0.2, 0.25) is 0 Å². The number of carbonyl (C=O) groups is 1. The van der Waals surface area contributed by atoms with Crippen LogP contribution in [0.25, 0.3) is 0 Å². The van der Waals surface area contributed by atoms with Gasteiger partial charge in [-0.15, -0.1) is 0 Å². The lowest BCUT2D eigenvalue weighted by atomic mass is 9.95. The fraction of sp³-hybridized carbons (Fsp3) is 0.533. The number of carbonyl (C=O) groups excluding carboxylic acids is 1. The van der Waals surface area contributed by atoms with Gasteiger partial charge in [-0.25, -0.2) is 0 Å². The first-order valence-corrected chi connectivity index (χ1v) is 6.66.